The molecule has 4 heteroatoms. The van der Waals surface area contributed by atoms with Gasteiger partial charge >= 0.3 is 0 Å². The molecule has 0 atom stereocenters. The number of carbonyl (C=O) groups is 2. The number of hydrogen-bond donors (Lipinski definition) is 1. The summed E-state index contributed by atoms with van der Waals surface area (Å²) in [6, 6.07) is 0. The molecule has 1 heterocycles. The number of hydrogen-bond acceptors (Lipinski definition) is 3. The number of aliphatic hydroxyl groups is 1. The number of aromatic nitrogens is 1. The van der Waals surface area contributed by atoms with Crippen LogP contribution in [-0.4, -0.2) is 28.3 Å². The molecule has 0 amide bonds. The van der Waals surface area contributed by atoms with Gasteiger partial charge in [0.25, 0.3) is 0 Å². The van der Waals surface area contributed by atoms with E-state index in [2.05, 4.69) is 0 Å². The van der Waals surface area contributed by atoms with Gasteiger partial charge in [0, 0.05) is 12.7 Å². The highest BCUT2D eigenvalue weighted by molar-refractivity contribution is 6.33. The van der Waals surface area contributed by atoms with Crippen LogP contribution in [0.25, 0.3) is 0 Å². The molecule has 1 rings (SSSR count). The second-order valence-electron chi connectivity index (χ2n) is 3.18. The third kappa shape index (κ3) is 1.75. The van der Waals surface area contributed by atoms with Crippen LogP contribution in [-0.2, 0) is 11.3 Å². The summed E-state index contributed by atoms with van der Waals surface area (Å²) in [6.45, 7) is 3.95. The lowest BCUT2D eigenvalue weighted by molar-refractivity contribution is -0.104. The molecular weight excluding hydrogens is 182 g/mol. The van der Waals surface area contributed by atoms with Gasteiger partial charge in [0.1, 0.15) is 0 Å². The molecule has 0 aliphatic carbocycles. The molecular formula is C10H13NO3. The van der Waals surface area contributed by atoms with Crippen LogP contribution in [0.15, 0.2) is 6.20 Å². The lowest BCUT2D eigenvalue weighted by atomic mass is 10.1. The zero-order valence-electron chi connectivity index (χ0n) is 8.28. The Morgan fingerprint density at radius 1 is 1.57 bits per heavy atom. The average molecular weight is 195 g/mol. The van der Waals surface area contributed by atoms with Gasteiger partial charge in [-0.25, -0.2) is 0 Å². The maximum absolute atomic E-state index is 11.3. The van der Waals surface area contributed by atoms with Gasteiger partial charge < -0.3 is 9.67 Å². The van der Waals surface area contributed by atoms with Crippen LogP contribution in [0.4, 0.5) is 0 Å². The van der Waals surface area contributed by atoms with Gasteiger partial charge in [-0.05, 0) is 25.0 Å². The molecule has 0 bridgehead atoms. The Balaban J connectivity index is 3.22. The first kappa shape index (κ1) is 10.7. The number of Topliss-reactive ketones (excluding diaryl/α,β-unsaturated/α-hetero) is 1. The average Bonchev–Trinajstić information content (AvgIpc) is 2.43. The van der Waals surface area contributed by atoms with E-state index in [1.807, 2.05) is 6.92 Å². The monoisotopic (exact) mass is 195 g/mol. The lowest BCUT2D eigenvalue weighted by Crippen LogP contribution is -2.12. The van der Waals surface area contributed by atoms with Gasteiger partial charge in [-0.2, -0.15) is 0 Å². The maximum atomic E-state index is 11.3. The second kappa shape index (κ2) is 4.19. The molecule has 0 fully saturated rings. The zero-order valence-corrected chi connectivity index (χ0v) is 8.28. The van der Waals surface area contributed by atoms with Crippen LogP contribution in [0.1, 0.15) is 21.6 Å². The van der Waals surface area contributed by atoms with E-state index in [0.717, 1.165) is 11.1 Å². The Kier molecular flexibility index (Phi) is 3.19. The molecule has 1 aromatic rings. The fraction of sp³-hybridized carbons (Fsp3) is 0.400. The van der Waals surface area contributed by atoms with E-state index >= 15 is 0 Å². The fourth-order valence-corrected chi connectivity index (χ4v) is 1.46. The molecule has 0 unspecified atom stereocenters. The number of aldehydes is 1. The highest BCUT2D eigenvalue weighted by Crippen LogP contribution is 2.15. The van der Waals surface area contributed by atoms with Gasteiger partial charge in [0.05, 0.1) is 12.3 Å². The molecule has 0 saturated heterocycles. The Labute approximate surface area is 82.2 Å². The van der Waals surface area contributed by atoms with Crippen LogP contribution in [0, 0.1) is 13.8 Å². The molecule has 0 spiro atoms. The Morgan fingerprint density at radius 2 is 2.21 bits per heavy atom. The molecule has 14 heavy (non-hydrogen) atoms. The van der Waals surface area contributed by atoms with Crippen LogP contribution in [0.2, 0.25) is 0 Å². The van der Waals surface area contributed by atoms with Crippen molar-refractivity contribution in [2.45, 2.75) is 20.4 Å². The molecule has 4 nitrogen and oxygen atoms in total. The molecule has 76 valence electrons. The third-order valence-electron chi connectivity index (χ3n) is 2.26. The van der Waals surface area contributed by atoms with E-state index in [0.29, 0.717) is 18.5 Å². The molecule has 0 aliphatic rings. The maximum Gasteiger partial charge on any atom is 0.241 e. The highest BCUT2D eigenvalue weighted by Gasteiger charge is 2.15. The Hall–Kier alpha value is -1.42. The van der Waals surface area contributed by atoms with Gasteiger partial charge in [-0.1, -0.05) is 0 Å². The van der Waals surface area contributed by atoms with Crippen molar-refractivity contribution in [1.29, 1.82) is 0 Å². The fourth-order valence-electron chi connectivity index (χ4n) is 1.46. The summed E-state index contributed by atoms with van der Waals surface area (Å²) < 4.78 is 1.61. The minimum Gasteiger partial charge on any atom is -0.395 e. The van der Waals surface area contributed by atoms with Crippen molar-refractivity contribution in [2.24, 2.45) is 0 Å². The van der Waals surface area contributed by atoms with E-state index in [-0.39, 0.29) is 6.61 Å². The topological polar surface area (TPSA) is 59.3 Å². The van der Waals surface area contributed by atoms with Gasteiger partial charge in [-0.3, -0.25) is 9.59 Å². The van der Waals surface area contributed by atoms with Crippen LogP contribution < -0.4 is 0 Å². The summed E-state index contributed by atoms with van der Waals surface area (Å²) in [5.41, 5.74) is 2.13. The van der Waals surface area contributed by atoms with Crippen molar-refractivity contribution in [3.05, 3.63) is 23.0 Å². The van der Waals surface area contributed by atoms with Crippen molar-refractivity contribution in [3.63, 3.8) is 0 Å². The number of carbonyl (C=O) groups excluding carboxylic acids is 2. The normalized spacial score (nSPS) is 10.2. The van der Waals surface area contributed by atoms with E-state index in [9.17, 15) is 9.59 Å². The van der Waals surface area contributed by atoms with Crippen molar-refractivity contribution in [1.82, 2.24) is 4.57 Å². The standard InChI is InChI=1S/C10H13NO3/c1-7-5-11(3-4-12)10(8(7)2)9(14)6-13/h5-6,12H,3-4H2,1-2H3. The van der Waals surface area contributed by atoms with E-state index < -0.39 is 5.78 Å². The van der Waals surface area contributed by atoms with Gasteiger partial charge in [-0.15, -0.1) is 0 Å². The van der Waals surface area contributed by atoms with Crippen LogP contribution in [0.5, 0.6) is 0 Å². The number of aliphatic hydroxyl groups excluding tert-OH is 1. The number of nitrogens with zero attached hydrogens (tertiary/aromatic N) is 1. The smallest absolute Gasteiger partial charge is 0.241 e. The summed E-state index contributed by atoms with van der Waals surface area (Å²) in [6.07, 6.45) is 2.07. The van der Waals surface area contributed by atoms with Crippen LogP contribution in [0.3, 0.4) is 0 Å². The van der Waals surface area contributed by atoms with E-state index in [1.54, 1.807) is 17.7 Å². The summed E-state index contributed by atoms with van der Waals surface area (Å²) in [5.74, 6) is -0.538. The first-order valence-corrected chi connectivity index (χ1v) is 4.38. The van der Waals surface area contributed by atoms with Crippen LogP contribution >= 0.6 is 0 Å². The van der Waals surface area contributed by atoms with Crippen molar-refractivity contribution >= 4 is 12.1 Å². The van der Waals surface area contributed by atoms with Gasteiger partial charge in [0.2, 0.25) is 5.78 Å². The largest absolute Gasteiger partial charge is 0.395 e. The summed E-state index contributed by atoms with van der Waals surface area (Å²) in [7, 11) is 0. The Bertz CT molecular complexity index is 366. The number of ketones is 1. The minimum absolute atomic E-state index is 0.0489. The van der Waals surface area contributed by atoms with Gasteiger partial charge in [0.15, 0.2) is 6.29 Å². The molecule has 0 radical (unpaired) electrons. The van der Waals surface area contributed by atoms with Crippen molar-refractivity contribution in [2.75, 3.05) is 6.61 Å². The minimum atomic E-state index is -0.538. The molecule has 1 N–H and O–H groups in total. The predicted octanol–water partition coefficient (Wildman–Crippen LogP) is 0.479. The first-order valence-electron chi connectivity index (χ1n) is 4.38. The molecule has 0 saturated carbocycles. The molecule has 0 aliphatic heterocycles. The second-order valence-corrected chi connectivity index (χ2v) is 3.18. The SMILES string of the molecule is Cc1cn(CCO)c(C(=O)C=O)c1C. The van der Waals surface area contributed by atoms with Crippen molar-refractivity contribution < 1.29 is 14.7 Å². The molecule has 1 aromatic heterocycles. The third-order valence-corrected chi connectivity index (χ3v) is 2.26. The highest BCUT2D eigenvalue weighted by atomic mass is 16.3. The lowest BCUT2D eigenvalue weighted by Gasteiger charge is -2.03. The summed E-state index contributed by atoms with van der Waals surface area (Å²) in [5, 5.41) is 8.78. The van der Waals surface area contributed by atoms with E-state index in [1.165, 1.54) is 0 Å². The Morgan fingerprint density at radius 3 is 2.71 bits per heavy atom. The predicted molar refractivity (Wildman–Crippen MR) is 51.4 cm³/mol. The summed E-state index contributed by atoms with van der Waals surface area (Å²) in [4.78, 5) is 21.7. The molecule has 0 aromatic carbocycles. The first-order chi connectivity index (χ1) is 6.61. The number of rotatable bonds is 4. The zero-order chi connectivity index (χ0) is 10.7. The summed E-state index contributed by atoms with van der Waals surface area (Å²) >= 11 is 0. The quantitative estimate of drug-likeness (QED) is 0.432. The number of aryl methyl sites for hydroxylation is 1. The van der Waals surface area contributed by atoms with E-state index in [4.69, 9.17) is 5.11 Å². The van der Waals surface area contributed by atoms with Crippen molar-refractivity contribution in [3.8, 4) is 0 Å².